The van der Waals surface area contributed by atoms with Crippen LogP contribution in [-0.4, -0.2) is 18.2 Å². The van der Waals surface area contributed by atoms with E-state index in [4.69, 9.17) is 9.47 Å². The maximum atomic E-state index is 12.2. The number of nitrogens with one attached hydrogen (secondary N) is 1. The summed E-state index contributed by atoms with van der Waals surface area (Å²) in [5.41, 5.74) is 5.09. The number of nitrogens with zero attached hydrogens (tertiary/aromatic N) is 1. The molecule has 0 saturated heterocycles. The van der Waals surface area contributed by atoms with Crippen LogP contribution >= 0.6 is 0 Å². The number of hydrogen-bond donors (Lipinski definition) is 1. The number of hydrogen-bond acceptors (Lipinski definition) is 4. The molecule has 0 heterocycles. The van der Waals surface area contributed by atoms with Crippen LogP contribution in [0.1, 0.15) is 50.0 Å². The maximum absolute atomic E-state index is 12.2. The lowest BCUT2D eigenvalue weighted by atomic mass is 10.1. The van der Waals surface area contributed by atoms with Gasteiger partial charge in [-0.1, -0.05) is 26.0 Å². The van der Waals surface area contributed by atoms with Gasteiger partial charge in [0.1, 0.15) is 18.1 Å². The first kappa shape index (κ1) is 20.5. The summed E-state index contributed by atoms with van der Waals surface area (Å²) in [5, 5.41) is 4.17. The summed E-state index contributed by atoms with van der Waals surface area (Å²) in [6.07, 6.45) is 0.994. The van der Waals surface area contributed by atoms with E-state index in [0.29, 0.717) is 24.7 Å². The largest absolute Gasteiger partial charge is 0.494 e. The SMILES string of the molecule is CCOc1ccc(OCc2ccc(C(=O)N/N=C(/C)[C@H](C)CC)cc2)cc1. The molecule has 0 spiro atoms. The molecule has 1 atom stereocenters. The van der Waals surface area contributed by atoms with Crippen LogP contribution in [0.4, 0.5) is 0 Å². The number of amides is 1. The second-order valence-electron chi connectivity index (χ2n) is 6.39. The lowest BCUT2D eigenvalue weighted by molar-refractivity contribution is 0.0954. The summed E-state index contributed by atoms with van der Waals surface area (Å²) in [7, 11) is 0. The minimum Gasteiger partial charge on any atom is -0.494 e. The van der Waals surface area contributed by atoms with Gasteiger partial charge in [-0.15, -0.1) is 0 Å². The molecule has 0 aliphatic carbocycles. The highest BCUT2D eigenvalue weighted by atomic mass is 16.5. The van der Waals surface area contributed by atoms with E-state index in [9.17, 15) is 4.79 Å². The Hall–Kier alpha value is -2.82. The van der Waals surface area contributed by atoms with Gasteiger partial charge in [-0.2, -0.15) is 5.10 Å². The van der Waals surface area contributed by atoms with Crippen molar-refractivity contribution < 1.29 is 14.3 Å². The van der Waals surface area contributed by atoms with E-state index < -0.39 is 0 Å². The molecule has 27 heavy (non-hydrogen) atoms. The smallest absolute Gasteiger partial charge is 0.271 e. The lowest BCUT2D eigenvalue weighted by Crippen LogP contribution is -2.21. The quantitative estimate of drug-likeness (QED) is 0.510. The van der Waals surface area contributed by atoms with Crippen LogP contribution in [0.25, 0.3) is 0 Å². The van der Waals surface area contributed by atoms with Crippen LogP contribution in [0.3, 0.4) is 0 Å². The third-order valence-electron chi connectivity index (χ3n) is 4.42. The van der Waals surface area contributed by atoms with Gasteiger partial charge in [-0.05, 0) is 68.1 Å². The summed E-state index contributed by atoms with van der Waals surface area (Å²) >= 11 is 0. The van der Waals surface area contributed by atoms with Gasteiger partial charge in [0.2, 0.25) is 0 Å². The van der Waals surface area contributed by atoms with E-state index in [2.05, 4.69) is 24.4 Å². The minimum absolute atomic E-state index is 0.211. The fraction of sp³-hybridized carbons (Fsp3) is 0.364. The predicted molar refractivity (Wildman–Crippen MR) is 108 cm³/mol. The van der Waals surface area contributed by atoms with Gasteiger partial charge in [-0.3, -0.25) is 4.79 Å². The molecule has 0 unspecified atom stereocenters. The number of hydrazone groups is 1. The molecule has 2 rings (SSSR count). The number of carbonyl (C=O) groups excluding carboxylic acids is 1. The predicted octanol–water partition coefficient (Wildman–Crippen LogP) is 4.82. The molecule has 0 aliphatic rings. The highest BCUT2D eigenvalue weighted by Gasteiger charge is 2.07. The molecule has 5 heteroatoms. The van der Waals surface area contributed by atoms with Crippen molar-refractivity contribution in [2.75, 3.05) is 6.61 Å². The summed E-state index contributed by atoms with van der Waals surface area (Å²) < 4.78 is 11.2. The average Bonchev–Trinajstić information content (AvgIpc) is 2.71. The Morgan fingerprint density at radius 2 is 1.59 bits per heavy atom. The molecule has 1 N–H and O–H groups in total. The fourth-order valence-corrected chi connectivity index (χ4v) is 2.33. The summed E-state index contributed by atoms with van der Waals surface area (Å²) in [6, 6.07) is 14.8. The van der Waals surface area contributed by atoms with Crippen molar-refractivity contribution in [3.8, 4) is 11.5 Å². The molecule has 1 amide bonds. The second-order valence-corrected chi connectivity index (χ2v) is 6.39. The van der Waals surface area contributed by atoms with Gasteiger partial charge in [0.25, 0.3) is 5.91 Å². The standard InChI is InChI=1S/C22H28N2O3/c1-5-16(3)17(4)23-24-22(25)19-9-7-18(8-10-19)15-27-21-13-11-20(12-14-21)26-6-2/h7-14,16H,5-6,15H2,1-4H3,(H,24,25)/b23-17-/t16-/m1/s1. The van der Waals surface area contributed by atoms with Gasteiger partial charge in [0.15, 0.2) is 0 Å². The molecule has 144 valence electrons. The van der Waals surface area contributed by atoms with Crippen molar-refractivity contribution in [3.05, 3.63) is 59.7 Å². The number of ether oxygens (including phenoxy) is 2. The molecule has 0 bridgehead atoms. The van der Waals surface area contributed by atoms with E-state index >= 15 is 0 Å². The second kappa shape index (κ2) is 10.4. The summed E-state index contributed by atoms with van der Waals surface area (Å²) in [4.78, 5) is 12.2. The highest BCUT2D eigenvalue weighted by Crippen LogP contribution is 2.18. The maximum Gasteiger partial charge on any atom is 0.271 e. The molecule has 2 aromatic rings. The van der Waals surface area contributed by atoms with Crippen LogP contribution in [0.5, 0.6) is 11.5 Å². The van der Waals surface area contributed by atoms with Crippen LogP contribution in [0.2, 0.25) is 0 Å². The molecule has 0 aromatic heterocycles. The topological polar surface area (TPSA) is 59.9 Å². The number of benzene rings is 2. The Morgan fingerprint density at radius 1 is 1.00 bits per heavy atom. The van der Waals surface area contributed by atoms with E-state index in [1.165, 1.54) is 0 Å². The Labute approximate surface area is 161 Å². The number of carbonyl (C=O) groups is 1. The monoisotopic (exact) mass is 368 g/mol. The molecule has 0 aliphatic heterocycles. The Morgan fingerprint density at radius 3 is 2.15 bits per heavy atom. The van der Waals surface area contributed by atoms with E-state index in [1.54, 1.807) is 12.1 Å². The van der Waals surface area contributed by atoms with Crippen LogP contribution in [-0.2, 0) is 6.61 Å². The fourth-order valence-electron chi connectivity index (χ4n) is 2.33. The minimum atomic E-state index is -0.211. The van der Waals surface area contributed by atoms with Crippen molar-refractivity contribution in [2.45, 2.75) is 40.7 Å². The molecule has 2 aromatic carbocycles. The first-order chi connectivity index (χ1) is 13.0. The van der Waals surface area contributed by atoms with Crippen molar-refractivity contribution in [1.29, 1.82) is 0 Å². The van der Waals surface area contributed by atoms with Gasteiger partial charge in [0.05, 0.1) is 6.61 Å². The van der Waals surface area contributed by atoms with Gasteiger partial charge in [0, 0.05) is 11.3 Å². The average molecular weight is 368 g/mol. The van der Waals surface area contributed by atoms with E-state index in [-0.39, 0.29) is 5.91 Å². The van der Waals surface area contributed by atoms with Crippen molar-refractivity contribution in [3.63, 3.8) is 0 Å². The van der Waals surface area contributed by atoms with E-state index in [1.807, 2.05) is 50.2 Å². The van der Waals surface area contributed by atoms with Crippen LogP contribution in [0.15, 0.2) is 53.6 Å². The lowest BCUT2D eigenvalue weighted by Gasteiger charge is -2.09. The van der Waals surface area contributed by atoms with Crippen molar-refractivity contribution in [1.82, 2.24) is 5.43 Å². The normalized spacial score (nSPS) is 12.4. The zero-order chi connectivity index (χ0) is 19.6. The third kappa shape index (κ3) is 6.44. The van der Waals surface area contributed by atoms with E-state index in [0.717, 1.165) is 29.2 Å². The Balaban J connectivity index is 1.88. The molecule has 0 fully saturated rings. The summed E-state index contributed by atoms with van der Waals surface area (Å²) in [5.74, 6) is 1.74. The zero-order valence-electron chi connectivity index (χ0n) is 16.5. The van der Waals surface area contributed by atoms with Gasteiger partial charge >= 0.3 is 0 Å². The molecule has 0 radical (unpaired) electrons. The van der Waals surface area contributed by atoms with Gasteiger partial charge < -0.3 is 9.47 Å². The highest BCUT2D eigenvalue weighted by molar-refractivity contribution is 5.95. The molecule has 0 saturated carbocycles. The zero-order valence-corrected chi connectivity index (χ0v) is 16.5. The van der Waals surface area contributed by atoms with Gasteiger partial charge in [-0.25, -0.2) is 5.43 Å². The Kier molecular flexibility index (Phi) is 7.86. The summed E-state index contributed by atoms with van der Waals surface area (Å²) in [6.45, 7) is 9.14. The van der Waals surface area contributed by atoms with Crippen LogP contribution < -0.4 is 14.9 Å². The molecule has 5 nitrogen and oxygen atoms in total. The van der Waals surface area contributed by atoms with Crippen LogP contribution in [0, 0.1) is 5.92 Å². The number of rotatable bonds is 9. The first-order valence-corrected chi connectivity index (χ1v) is 9.32. The molecular formula is C22H28N2O3. The molecular weight excluding hydrogens is 340 g/mol. The third-order valence-corrected chi connectivity index (χ3v) is 4.42. The first-order valence-electron chi connectivity index (χ1n) is 9.32. The Bertz CT molecular complexity index is 752. The van der Waals surface area contributed by atoms with Crippen molar-refractivity contribution in [2.24, 2.45) is 11.0 Å². The van der Waals surface area contributed by atoms with Crippen molar-refractivity contribution >= 4 is 11.6 Å².